The molecule has 0 aliphatic rings. The molecule has 0 saturated heterocycles. The van der Waals surface area contributed by atoms with Crippen LogP contribution in [0.5, 0.6) is 11.6 Å². The van der Waals surface area contributed by atoms with Crippen LogP contribution in [0.1, 0.15) is 5.56 Å². The van der Waals surface area contributed by atoms with Gasteiger partial charge >= 0.3 is 6.18 Å². The summed E-state index contributed by atoms with van der Waals surface area (Å²) in [5.74, 6) is 0.236. The summed E-state index contributed by atoms with van der Waals surface area (Å²) < 4.78 is 44.7. The first-order valence-electron chi connectivity index (χ1n) is 5.55. The largest absolute Gasteiger partial charge is 0.436 e. The second kappa shape index (κ2) is 5.98. The van der Waals surface area contributed by atoms with Crippen LogP contribution in [0.4, 0.5) is 13.2 Å². The number of hydrogen-bond acceptors (Lipinski definition) is 3. The van der Waals surface area contributed by atoms with E-state index in [4.69, 9.17) is 27.9 Å². The van der Waals surface area contributed by atoms with Gasteiger partial charge in [-0.25, -0.2) is 0 Å². The molecular formula is C12H9Cl2F3N2OS. The van der Waals surface area contributed by atoms with E-state index in [0.717, 1.165) is 12.1 Å². The summed E-state index contributed by atoms with van der Waals surface area (Å²) in [7, 11) is 1.68. The molecule has 0 aliphatic carbocycles. The molecule has 0 spiro atoms. The van der Waals surface area contributed by atoms with Crippen molar-refractivity contribution in [1.82, 2.24) is 9.78 Å². The first kappa shape index (κ1) is 16.3. The second-order valence-electron chi connectivity index (χ2n) is 3.99. The third kappa shape index (κ3) is 3.41. The van der Waals surface area contributed by atoms with Crippen molar-refractivity contribution in [2.45, 2.75) is 11.2 Å². The Balaban J connectivity index is 2.31. The average molecular weight is 357 g/mol. The van der Waals surface area contributed by atoms with Crippen LogP contribution < -0.4 is 4.74 Å². The number of alkyl halides is 3. The molecule has 21 heavy (non-hydrogen) atoms. The van der Waals surface area contributed by atoms with Crippen LogP contribution in [0.3, 0.4) is 0 Å². The molecule has 114 valence electrons. The average Bonchev–Trinajstić information content (AvgIpc) is 2.62. The van der Waals surface area contributed by atoms with Gasteiger partial charge in [0.25, 0.3) is 5.88 Å². The Hall–Kier alpha value is -1.05. The third-order valence-corrected chi connectivity index (χ3v) is 4.18. The maximum Gasteiger partial charge on any atom is 0.417 e. The molecule has 0 atom stereocenters. The molecule has 2 aromatic rings. The molecule has 0 unspecified atom stereocenters. The Kier molecular flexibility index (Phi) is 4.65. The molecule has 9 heteroatoms. The molecule has 2 rings (SSSR count). The summed E-state index contributed by atoms with van der Waals surface area (Å²) in [5, 5.41) is 4.58. The van der Waals surface area contributed by atoms with Crippen molar-refractivity contribution in [1.29, 1.82) is 0 Å². The van der Waals surface area contributed by atoms with Crippen molar-refractivity contribution < 1.29 is 17.9 Å². The number of aromatic nitrogens is 2. The number of rotatable bonds is 3. The lowest BCUT2D eigenvalue weighted by atomic mass is 10.2. The van der Waals surface area contributed by atoms with Gasteiger partial charge in [-0.2, -0.15) is 13.2 Å². The van der Waals surface area contributed by atoms with Gasteiger partial charge in [-0.3, -0.25) is 4.68 Å². The molecule has 0 N–H and O–H groups in total. The zero-order valence-corrected chi connectivity index (χ0v) is 13.2. The summed E-state index contributed by atoms with van der Waals surface area (Å²) in [6.07, 6.45) is -2.69. The first-order valence-corrected chi connectivity index (χ1v) is 7.53. The van der Waals surface area contributed by atoms with E-state index in [1.54, 1.807) is 7.05 Å². The number of ether oxygens (including phenoxy) is 1. The lowest BCUT2D eigenvalue weighted by Gasteiger charge is -2.10. The molecule has 0 amide bonds. The molecule has 3 nitrogen and oxygen atoms in total. The van der Waals surface area contributed by atoms with E-state index in [9.17, 15) is 13.2 Å². The highest BCUT2D eigenvalue weighted by atomic mass is 35.5. The molecule has 0 radical (unpaired) electrons. The van der Waals surface area contributed by atoms with E-state index in [1.807, 2.05) is 6.26 Å². The second-order valence-corrected chi connectivity index (χ2v) is 5.57. The number of nitrogens with zero attached hydrogens (tertiary/aromatic N) is 2. The molecule has 0 aliphatic heterocycles. The lowest BCUT2D eigenvalue weighted by Crippen LogP contribution is -2.05. The van der Waals surface area contributed by atoms with Crippen molar-refractivity contribution in [2.24, 2.45) is 7.05 Å². The third-order valence-electron chi connectivity index (χ3n) is 2.56. The van der Waals surface area contributed by atoms with Crippen molar-refractivity contribution in [3.05, 3.63) is 33.8 Å². The topological polar surface area (TPSA) is 27.1 Å². The zero-order chi connectivity index (χ0) is 15.8. The maximum atomic E-state index is 12.6. The van der Waals surface area contributed by atoms with E-state index in [0.29, 0.717) is 10.0 Å². The van der Waals surface area contributed by atoms with Gasteiger partial charge in [-0.15, -0.1) is 16.9 Å². The summed E-state index contributed by atoms with van der Waals surface area (Å²) >= 11 is 13.1. The fourth-order valence-corrected chi connectivity index (χ4v) is 2.93. The number of benzene rings is 1. The smallest absolute Gasteiger partial charge is 0.417 e. The molecule has 1 heterocycles. The van der Waals surface area contributed by atoms with Crippen molar-refractivity contribution in [3.8, 4) is 11.6 Å². The predicted molar refractivity (Wildman–Crippen MR) is 76.5 cm³/mol. The van der Waals surface area contributed by atoms with Gasteiger partial charge in [0.15, 0.2) is 0 Å². The van der Waals surface area contributed by atoms with Crippen molar-refractivity contribution >= 4 is 35.0 Å². The Morgan fingerprint density at radius 1 is 1.29 bits per heavy atom. The fraction of sp³-hybridized carbons (Fsp3) is 0.250. The highest BCUT2D eigenvalue weighted by Crippen LogP contribution is 2.39. The molecule has 0 saturated carbocycles. The Morgan fingerprint density at radius 2 is 1.95 bits per heavy atom. The van der Waals surface area contributed by atoms with Gasteiger partial charge in [-0.1, -0.05) is 23.2 Å². The summed E-state index contributed by atoms with van der Waals surface area (Å²) in [5.41, 5.74) is -0.923. The Bertz CT molecular complexity index is 673. The molecule has 0 bridgehead atoms. The summed E-state index contributed by atoms with van der Waals surface area (Å²) in [6, 6.07) is 3.09. The van der Waals surface area contributed by atoms with Crippen LogP contribution in [-0.4, -0.2) is 16.0 Å². The number of halogens is 5. The SMILES string of the molecule is CSc1c(Cl)c(Oc2ccc(C(F)(F)F)c(Cl)c2)nn1C. The van der Waals surface area contributed by atoms with Gasteiger partial charge in [0.2, 0.25) is 0 Å². The molecule has 1 aromatic heterocycles. The monoisotopic (exact) mass is 356 g/mol. The highest BCUT2D eigenvalue weighted by Gasteiger charge is 2.33. The van der Waals surface area contributed by atoms with Crippen LogP contribution >= 0.6 is 35.0 Å². The van der Waals surface area contributed by atoms with Gasteiger partial charge in [-0.05, 0) is 18.4 Å². The van der Waals surface area contributed by atoms with Crippen molar-refractivity contribution in [2.75, 3.05) is 6.26 Å². The maximum absolute atomic E-state index is 12.6. The quantitative estimate of drug-likeness (QED) is 0.701. The van der Waals surface area contributed by atoms with E-state index in [1.165, 1.54) is 22.5 Å². The van der Waals surface area contributed by atoms with Gasteiger partial charge < -0.3 is 4.74 Å². The van der Waals surface area contributed by atoms with Crippen molar-refractivity contribution in [3.63, 3.8) is 0 Å². The van der Waals surface area contributed by atoms with E-state index in [-0.39, 0.29) is 11.6 Å². The van der Waals surface area contributed by atoms with E-state index in [2.05, 4.69) is 5.10 Å². The minimum Gasteiger partial charge on any atom is -0.436 e. The molecule has 1 aromatic carbocycles. The number of thioether (sulfide) groups is 1. The van der Waals surface area contributed by atoms with Crippen LogP contribution in [0.25, 0.3) is 0 Å². The van der Waals surface area contributed by atoms with Crippen LogP contribution in [0.2, 0.25) is 10.0 Å². The first-order chi connectivity index (χ1) is 9.74. The molecule has 0 fully saturated rings. The van der Waals surface area contributed by atoms with Gasteiger partial charge in [0.05, 0.1) is 10.6 Å². The van der Waals surface area contributed by atoms with Gasteiger partial charge in [0, 0.05) is 13.1 Å². The summed E-state index contributed by atoms with van der Waals surface area (Å²) in [6.45, 7) is 0. The van der Waals surface area contributed by atoms with Crippen LogP contribution in [-0.2, 0) is 13.2 Å². The minimum atomic E-state index is -4.51. The normalized spacial score (nSPS) is 11.8. The minimum absolute atomic E-state index is 0.111. The zero-order valence-electron chi connectivity index (χ0n) is 10.8. The van der Waals surface area contributed by atoms with Crippen LogP contribution in [0.15, 0.2) is 23.2 Å². The van der Waals surface area contributed by atoms with E-state index >= 15 is 0 Å². The fourth-order valence-electron chi connectivity index (χ4n) is 1.65. The van der Waals surface area contributed by atoms with Gasteiger partial charge in [0.1, 0.15) is 15.8 Å². The Labute approximate surface area is 133 Å². The lowest BCUT2D eigenvalue weighted by molar-refractivity contribution is -0.137. The van der Waals surface area contributed by atoms with Crippen LogP contribution in [0, 0.1) is 0 Å². The molecular weight excluding hydrogens is 348 g/mol. The number of aryl methyl sites for hydroxylation is 1. The number of hydrogen-bond donors (Lipinski definition) is 0. The Morgan fingerprint density at radius 3 is 2.43 bits per heavy atom. The van der Waals surface area contributed by atoms with E-state index < -0.39 is 16.8 Å². The summed E-state index contributed by atoms with van der Waals surface area (Å²) in [4.78, 5) is 0. The predicted octanol–water partition coefficient (Wildman–Crippen LogP) is 5.26. The standard InChI is InChI=1S/C12H9Cl2F3N2OS/c1-19-11(21-2)9(14)10(18-19)20-6-3-4-7(8(13)5-6)12(15,16)17/h3-5H,1-2H3. The highest BCUT2D eigenvalue weighted by molar-refractivity contribution is 7.98.